The molecule has 1 aliphatic rings. The van der Waals surface area contributed by atoms with Gasteiger partial charge in [-0.15, -0.1) is 0 Å². The topological polar surface area (TPSA) is 173 Å². The van der Waals surface area contributed by atoms with Gasteiger partial charge in [0, 0.05) is 12.2 Å². The second-order valence-corrected chi connectivity index (χ2v) is 7.03. The molecule has 0 bridgehead atoms. The lowest BCUT2D eigenvalue weighted by Crippen LogP contribution is -2.30. The van der Waals surface area contributed by atoms with Gasteiger partial charge in [0.25, 0.3) is 0 Å². The number of hydrogen-bond donors (Lipinski definition) is 5. The van der Waals surface area contributed by atoms with Crippen molar-refractivity contribution in [2.75, 3.05) is 17.2 Å². The summed E-state index contributed by atoms with van der Waals surface area (Å²) in [6, 6.07) is -0.850. The summed E-state index contributed by atoms with van der Waals surface area (Å²) >= 11 is 1.55. The molecular weight excluding hydrogens is 348 g/mol. The molecule has 11 heteroatoms. The van der Waals surface area contributed by atoms with E-state index in [1.54, 1.807) is 11.8 Å². The Bertz CT molecular complexity index is 756. The van der Waals surface area contributed by atoms with Crippen LogP contribution in [-0.4, -0.2) is 66.1 Å². The first-order valence-electron chi connectivity index (χ1n) is 7.81. The number of aromatic nitrogens is 4. The number of hydrogen-bond acceptors (Lipinski definition) is 9. The number of carboxylic acids is 1. The zero-order valence-corrected chi connectivity index (χ0v) is 14.1. The molecule has 0 amide bonds. The third-order valence-corrected chi connectivity index (χ3v) is 5.20. The van der Waals surface area contributed by atoms with E-state index in [1.807, 2.05) is 0 Å². The number of aromatic amines is 1. The minimum atomic E-state index is -0.999. The minimum absolute atomic E-state index is 0.149. The van der Waals surface area contributed by atoms with Gasteiger partial charge in [-0.1, -0.05) is 0 Å². The largest absolute Gasteiger partial charge is 0.480 e. The van der Waals surface area contributed by atoms with E-state index in [2.05, 4.69) is 20.2 Å². The fourth-order valence-electron chi connectivity index (χ4n) is 2.73. The Balaban J connectivity index is 1.58. The standard InChI is InChI=1S/C14H20N6O4S/c15-7(14(22)23)1-2-25-4-6-3-8(21)12(24-6)10-9-11(20-19-10)13(16)18-5-17-9/h5-8,12,21H,1-4,15H2,(H,19,20)(H,22,23)(H2,16,17,18). The number of rotatable bonds is 7. The van der Waals surface area contributed by atoms with Crippen LogP contribution in [-0.2, 0) is 9.53 Å². The number of H-pyrrole nitrogens is 1. The number of nitrogen functional groups attached to an aromatic ring is 1. The van der Waals surface area contributed by atoms with Crippen molar-refractivity contribution in [2.24, 2.45) is 5.73 Å². The Morgan fingerprint density at radius 1 is 1.48 bits per heavy atom. The van der Waals surface area contributed by atoms with Crippen molar-refractivity contribution in [2.45, 2.75) is 37.2 Å². The van der Waals surface area contributed by atoms with E-state index in [1.165, 1.54) is 6.33 Å². The number of nitrogens with two attached hydrogens (primary N) is 2. The van der Waals surface area contributed by atoms with Gasteiger partial charge in [0.15, 0.2) is 11.3 Å². The number of carboxylic acid groups (broad SMARTS) is 1. The van der Waals surface area contributed by atoms with Crippen molar-refractivity contribution in [3.63, 3.8) is 0 Å². The number of nitrogens with zero attached hydrogens (tertiary/aromatic N) is 3. The van der Waals surface area contributed by atoms with Crippen molar-refractivity contribution in [1.82, 2.24) is 20.2 Å². The maximum absolute atomic E-state index is 10.7. The Morgan fingerprint density at radius 2 is 2.28 bits per heavy atom. The molecule has 0 spiro atoms. The van der Waals surface area contributed by atoms with Crippen LogP contribution in [0.15, 0.2) is 6.33 Å². The van der Waals surface area contributed by atoms with E-state index in [-0.39, 0.29) is 11.9 Å². The predicted octanol–water partition coefficient (Wildman–Crippen LogP) is -0.339. The fraction of sp³-hybridized carbons (Fsp3) is 0.571. The monoisotopic (exact) mass is 368 g/mol. The number of anilines is 1. The Morgan fingerprint density at radius 3 is 3.04 bits per heavy atom. The maximum atomic E-state index is 10.7. The van der Waals surface area contributed by atoms with Crippen LogP contribution >= 0.6 is 11.8 Å². The van der Waals surface area contributed by atoms with Gasteiger partial charge in [0.2, 0.25) is 0 Å². The van der Waals surface area contributed by atoms with E-state index in [0.717, 1.165) is 0 Å². The van der Waals surface area contributed by atoms with Crippen molar-refractivity contribution < 1.29 is 19.7 Å². The van der Waals surface area contributed by atoms with Gasteiger partial charge in [-0.2, -0.15) is 16.9 Å². The zero-order chi connectivity index (χ0) is 18.0. The number of aliphatic hydroxyl groups is 1. The molecule has 2 aromatic rings. The number of fused-ring (bicyclic) bond motifs is 1. The first-order valence-corrected chi connectivity index (χ1v) is 8.97. The fourth-order valence-corrected chi connectivity index (χ4v) is 3.79. The number of ether oxygens (including phenoxy) is 1. The van der Waals surface area contributed by atoms with Crippen LogP contribution in [0.3, 0.4) is 0 Å². The summed E-state index contributed by atoms with van der Waals surface area (Å²) in [5, 5.41) is 26.0. The molecule has 0 saturated carbocycles. The number of aliphatic carboxylic acids is 1. The second kappa shape index (κ2) is 7.52. The summed E-state index contributed by atoms with van der Waals surface area (Å²) in [5.74, 6) is 0.524. The van der Waals surface area contributed by atoms with Crippen molar-refractivity contribution >= 4 is 34.6 Å². The van der Waals surface area contributed by atoms with Gasteiger partial charge in [-0.05, 0) is 12.2 Å². The molecule has 10 nitrogen and oxygen atoms in total. The average Bonchev–Trinajstić information content (AvgIpc) is 3.15. The predicted molar refractivity (Wildman–Crippen MR) is 91.9 cm³/mol. The molecule has 7 N–H and O–H groups in total. The summed E-state index contributed by atoms with van der Waals surface area (Å²) in [4.78, 5) is 18.7. The van der Waals surface area contributed by atoms with Crippen LogP contribution in [0, 0.1) is 0 Å². The van der Waals surface area contributed by atoms with Crippen LogP contribution in [0.5, 0.6) is 0 Å². The molecule has 0 aliphatic carbocycles. The molecule has 136 valence electrons. The second-order valence-electron chi connectivity index (χ2n) is 5.88. The highest BCUT2D eigenvalue weighted by molar-refractivity contribution is 7.99. The quantitative estimate of drug-likeness (QED) is 0.407. The van der Waals surface area contributed by atoms with Gasteiger partial charge in [-0.25, -0.2) is 9.97 Å². The molecule has 0 aromatic carbocycles. The summed E-state index contributed by atoms with van der Waals surface area (Å²) < 4.78 is 5.93. The van der Waals surface area contributed by atoms with Crippen molar-refractivity contribution in [3.05, 3.63) is 12.0 Å². The molecule has 0 radical (unpaired) electrons. The van der Waals surface area contributed by atoms with E-state index in [0.29, 0.717) is 41.1 Å². The summed E-state index contributed by atoms with van der Waals surface area (Å²) in [5.41, 5.74) is 12.8. The molecule has 3 heterocycles. The Hall–Kier alpha value is -1.95. The number of nitrogens with one attached hydrogen (secondary N) is 1. The van der Waals surface area contributed by atoms with Gasteiger partial charge in [0.1, 0.15) is 24.0 Å². The van der Waals surface area contributed by atoms with Gasteiger partial charge >= 0.3 is 5.97 Å². The normalized spacial score (nSPS) is 24.6. The van der Waals surface area contributed by atoms with Crippen LogP contribution in [0.25, 0.3) is 11.0 Å². The maximum Gasteiger partial charge on any atom is 0.320 e. The highest BCUT2D eigenvalue weighted by Gasteiger charge is 2.37. The van der Waals surface area contributed by atoms with E-state index in [4.69, 9.17) is 21.3 Å². The first kappa shape index (κ1) is 17.9. The third kappa shape index (κ3) is 3.84. The van der Waals surface area contributed by atoms with Crippen LogP contribution in [0.1, 0.15) is 24.6 Å². The SMILES string of the molecule is Nc1ncnc2c(C3OC(CSCCC(N)C(=O)O)CC3O)[nH]nc12. The van der Waals surface area contributed by atoms with Gasteiger partial charge in [0.05, 0.1) is 17.9 Å². The summed E-state index contributed by atoms with van der Waals surface area (Å²) in [6.45, 7) is 0. The molecule has 3 rings (SSSR count). The van der Waals surface area contributed by atoms with Gasteiger partial charge in [-0.3, -0.25) is 9.89 Å². The lowest BCUT2D eigenvalue weighted by atomic mass is 10.1. The van der Waals surface area contributed by atoms with Crippen molar-refractivity contribution in [1.29, 1.82) is 0 Å². The highest BCUT2D eigenvalue weighted by atomic mass is 32.2. The molecular formula is C14H20N6O4S. The van der Waals surface area contributed by atoms with Crippen LogP contribution in [0.2, 0.25) is 0 Å². The van der Waals surface area contributed by atoms with Crippen molar-refractivity contribution in [3.8, 4) is 0 Å². The molecule has 1 saturated heterocycles. The smallest absolute Gasteiger partial charge is 0.320 e. The molecule has 4 unspecified atom stereocenters. The number of thioether (sulfide) groups is 1. The molecule has 2 aromatic heterocycles. The summed E-state index contributed by atoms with van der Waals surface area (Å²) in [7, 11) is 0. The summed E-state index contributed by atoms with van der Waals surface area (Å²) in [6.07, 6.45) is 0.808. The lowest BCUT2D eigenvalue weighted by molar-refractivity contribution is -0.138. The van der Waals surface area contributed by atoms with Crippen LogP contribution < -0.4 is 11.5 Å². The van der Waals surface area contributed by atoms with E-state index in [9.17, 15) is 9.90 Å². The molecule has 4 atom stereocenters. The first-order chi connectivity index (χ1) is 12.0. The third-order valence-electron chi connectivity index (χ3n) is 4.07. The van der Waals surface area contributed by atoms with E-state index < -0.39 is 24.2 Å². The lowest BCUT2D eigenvalue weighted by Gasteiger charge is -2.13. The average molecular weight is 368 g/mol. The molecule has 1 aliphatic heterocycles. The number of carbonyl (C=O) groups is 1. The highest BCUT2D eigenvalue weighted by Crippen LogP contribution is 2.36. The van der Waals surface area contributed by atoms with E-state index >= 15 is 0 Å². The Kier molecular flexibility index (Phi) is 5.37. The number of aliphatic hydroxyl groups excluding tert-OH is 1. The Labute approximate surface area is 147 Å². The molecule has 1 fully saturated rings. The molecule has 25 heavy (non-hydrogen) atoms. The zero-order valence-electron chi connectivity index (χ0n) is 13.3. The van der Waals surface area contributed by atoms with Gasteiger partial charge < -0.3 is 26.4 Å². The minimum Gasteiger partial charge on any atom is -0.480 e. The van der Waals surface area contributed by atoms with Crippen LogP contribution in [0.4, 0.5) is 5.82 Å².